The number of carbonyl (C=O) groups is 1. The minimum atomic E-state index is -0.895. The van der Waals surface area contributed by atoms with Crippen molar-refractivity contribution in [3.05, 3.63) is 103 Å². The maximum Gasteiger partial charge on any atom is 0.363 e. The number of hydrogen-bond acceptors (Lipinski definition) is 6. The van der Waals surface area contributed by atoms with Crippen LogP contribution in [0.3, 0.4) is 0 Å². The maximum atomic E-state index is 13.7. The Kier molecular flexibility index (Phi) is 6.55. The fourth-order valence-electron chi connectivity index (χ4n) is 4.73. The van der Waals surface area contributed by atoms with Gasteiger partial charge in [-0.25, -0.2) is 14.6 Å². The molecule has 0 spiro atoms. The molecule has 1 heterocycles. The van der Waals surface area contributed by atoms with E-state index >= 15 is 0 Å². The zero-order valence-electron chi connectivity index (χ0n) is 21.6. The number of benzene rings is 3. The van der Waals surface area contributed by atoms with Crippen molar-refractivity contribution in [2.24, 2.45) is 0 Å². The molecule has 0 atom stereocenters. The van der Waals surface area contributed by atoms with E-state index in [0.717, 1.165) is 38.9 Å². The number of aryl methyl sites for hydroxylation is 7. The van der Waals surface area contributed by atoms with Gasteiger partial charge in [-0.3, -0.25) is 0 Å². The van der Waals surface area contributed by atoms with Gasteiger partial charge in [0.1, 0.15) is 22.6 Å². The van der Waals surface area contributed by atoms with Crippen LogP contribution in [0.1, 0.15) is 50.2 Å². The zero-order chi connectivity index (χ0) is 26.3. The van der Waals surface area contributed by atoms with E-state index in [1.807, 2.05) is 72.7 Å². The summed E-state index contributed by atoms with van der Waals surface area (Å²) in [4.78, 5) is 31.2. The second kappa shape index (κ2) is 9.46. The minimum absolute atomic E-state index is 0.287. The molecule has 4 rings (SSSR count). The summed E-state index contributed by atoms with van der Waals surface area (Å²) in [7, 11) is 0. The molecular weight excluding hydrogens is 454 g/mol. The number of aliphatic hydroxyl groups is 1. The third-order valence-electron chi connectivity index (χ3n) is 6.13. The Morgan fingerprint density at radius 1 is 0.806 bits per heavy atom. The van der Waals surface area contributed by atoms with Gasteiger partial charge in [-0.05, 0) is 88.4 Å². The van der Waals surface area contributed by atoms with Crippen molar-refractivity contribution in [1.29, 1.82) is 0 Å². The van der Waals surface area contributed by atoms with Crippen LogP contribution in [0.4, 0.5) is 0 Å². The first kappa shape index (κ1) is 24.9. The van der Waals surface area contributed by atoms with Gasteiger partial charge in [0.2, 0.25) is 0 Å². The SMILES string of the molecule is Cc1cc(C)c(OC(=O)C(=C(O)c2c(C)cc(C)cc2C)c2nc3cc(C)ccc3oc2=O)c(C)c1. The smallest absolute Gasteiger partial charge is 0.363 e. The lowest BCUT2D eigenvalue weighted by Gasteiger charge is -2.16. The van der Waals surface area contributed by atoms with Crippen molar-refractivity contribution in [3.8, 4) is 5.75 Å². The number of rotatable bonds is 4. The van der Waals surface area contributed by atoms with Crippen LogP contribution in [0.15, 0.2) is 51.7 Å². The van der Waals surface area contributed by atoms with Crippen LogP contribution in [0.5, 0.6) is 5.75 Å². The summed E-state index contributed by atoms with van der Waals surface area (Å²) in [6.45, 7) is 13.1. The van der Waals surface area contributed by atoms with Gasteiger partial charge < -0.3 is 14.3 Å². The molecule has 0 unspecified atom stereocenters. The Hall–Kier alpha value is -4.19. The number of aromatic nitrogens is 1. The van der Waals surface area contributed by atoms with Gasteiger partial charge >= 0.3 is 11.6 Å². The van der Waals surface area contributed by atoms with Crippen LogP contribution in [-0.2, 0) is 4.79 Å². The highest BCUT2D eigenvalue weighted by atomic mass is 16.5. The van der Waals surface area contributed by atoms with Gasteiger partial charge in [0.25, 0.3) is 0 Å². The van der Waals surface area contributed by atoms with E-state index in [1.165, 1.54) is 0 Å². The number of esters is 1. The third kappa shape index (κ3) is 4.67. The largest absolute Gasteiger partial charge is 0.506 e. The molecular formula is C30H29NO5. The average molecular weight is 484 g/mol. The number of carbonyl (C=O) groups excluding carboxylic acids is 1. The second-order valence-electron chi connectivity index (χ2n) is 9.44. The van der Waals surface area contributed by atoms with Crippen molar-refractivity contribution in [2.45, 2.75) is 48.5 Å². The van der Waals surface area contributed by atoms with Crippen LogP contribution in [-0.4, -0.2) is 16.1 Å². The molecule has 0 saturated heterocycles. The van der Waals surface area contributed by atoms with Gasteiger partial charge in [0.15, 0.2) is 11.3 Å². The molecule has 0 radical (unpaired) electrons. The molecule has 0 aliphatic rings. The predicted octanol–water partition coefficient (Wildman–Crippen LogP) is 6.38. The summed E-state index contributed by atoms with van der Waals surface area (Å²) in [6.07, 6.45) is 0. The molecule has 4 aromatic rings. The van der Waals surface area contributed by atoms with E-state index in [2.05, 4.69) is 4.98 Å². The van der Waals surface area contributed by atoms with Crippen LogP contribution >= 0.6 is 0 Å². The molecule has 0 saturated carbocycles. The van der Waals surface area contributed by atoms with Crippen molar-refractivity contribution in [2.75, 3.05) is 0 Å². The highest BCUT2D eigenvalue weighted by Gasteiger charge is 2.29. The summed E-state index contributed by atoms with van der Waals surface area (Å²) in [5, 5.41) is 11.5. The molecule has 0 aliphatic heterocycles. The predicted molar refractivity (Wildman–Crippen MR) is 141 cm³/mol. The lowest BCUT2D eigenvalue weighted by Crippen LogP contribution is -2.21. The van der Waals surface area contributed by atoms with E-state index in [9.17, 15) is 14.7 Å². The topological polar surface area (TPSA) is 89.6 Å². The monoisotopic (exact) mass is 483 g/mol. The van der Waals surface area contributed by atoms with Crippen LogP contribution < -0.4 is 10.4 Å². The average Bonchev–Trinajstić information content (AvgIpc) is 2.76. The maximum absolute atomic E-state index is 13.7. The Morgan fingerprint density at radius 2 is 1.36 bits per heavy atom. The van der Waals surface area contributed by atoms with Crippen molar-refractivity contribution in [3.63, 3.8) is 0 Å². The van der Waals surface area contributed by atoms with Crippen LogP contribution in [0.25, 0.3) is 22.4 Å². The number of ether oxygens (including phenoxy) is 1. The first-order valence-corrected chi connectivity index (χ1v) is 11.7. The summed E-state index contributed by atoms with van der Waals surface area (Å²) < 4.78 is 11.3. The molecule has 1 aromatic heterocycles. The Morgan fingerprint density at radius 3 is 1.94 bits per heavy atom. The van der Waals surface area contributed by atoms with E-state index in [1.54, 1.807) is 18.2 Å². The van der Waals surface area contributed by atoms with Crippen molar-refractivity contribution >= 4 is 28.4 Å². The van der Waals surface area contributed by atoms with Gasteiger partial charge in [-0.1, -0.05) is 41.5 Å². The Labute approximate surface area is 209 Å². The summed E-state index contributed by atoms with van der Waals surface area (Å²) in [6, 6.07) is 12.8. The molecule has 184 valence electrons. The third-order valence-corrected chi connectivity index (χ3v) is 6.13. The Bertz CT molecular complexity index is 1580. The van der Waals surface area contributed by atoms with Gasteiger partial charge in [0, 0.05) is 5.56 Å². The fourth-order valence-corrected chi connectivity index (χ4v) is 4.73. The second-order valence-corrected chi connectivity index (χ2v) is 9.44. The van der Waals surface area contributed by atoms with Gasteiger partial charge in [0.05, 0.1) is 0 Å². The van der Waals surface area contributed by atoms with Crippen LogP contribution in [0, 0.1) is 48.5 Å². The van der Waals surface area contributed by atoms with E-state index in [-0.39, 0.29) is 22.6 Å². The van der Waals surface area contributed by atoms with Gasteiger partial charge in [-0.2, -0.15) is 0 Å². The first-order chi connectivity index (χ1) is 17.0. The number of fused-ring (bicyclic) bond motifs is 1. The molecule has 0 amide bonds. The number of aliphatic hydroxyl groups excluding tert-OH is 1. The Balaban J connectivity index is 2.00. The highest BCUT2D eigenvalue weighted by molar-refractivity contribution is 6.23. The standard InChI is InChI=1S/C30H29NO5/c1-15-8-9-23-22(14-15)31-26(30(34)35-23)25(27(32)24-18(4)10-16(2)11-19(24)5)29(33)36-28-20(6)12-17(3)13-21(28)7/h8-14,32H,1-7H3. The van der Waals surface area contributed by atoms with Gasteiger partial charge in [-0.15, -0.1) is 0 Å². The van der Waals surface area contributed by atoms with Crippen molar-refractivity contribution < 1.29 is 19.1 Å². The lowest BCUT2D eigenvalue weighted by atomic mass is 9.95. The van der Waals surface area contributed by atoms with E-state index < -0.39 is 11.6 Å². The molecule has 36 heavy (non-hydrogen) atoms. The lowest BCUT2D eigenvalue weighted by molar-refractivity contribution is -0.128. The van der Waals surface area contributed by atoms with E-state index in [4.69, 9.17) is 9.15 Å². The molecule has 0 aliphatic carbocycles. The molecule has 0 fully saturated rings. The normalized spacial score (nSPS) is 12.0. The van der Waals surface area contributed by atoms with Crippen LogP contribution in [0.2, 0.25) is 0 Å². The number of hydrogen-bond donors (Lipinski definition) is 1. The summed E-state index contributed by atoms with van der Waals surface area (Å²) in [5.41, 5.74) is 5.59. The highest BCUT2D eigenvalue weighted by Crippen LogP contribution is 2.32. The quantitative estimate of drug-likeness (QED) is 0.157. The summed E-state index contributed by atoms with van der Waals surface area (Å²) >= 11 is 0. The molecule has 1 N–H and O–H groups in total. The molecule has 6 nitrogen and oxygen atoms in total. The first-order valence-electron chi connectivity index (χ1n) is 11.7. The summed E-state index contributed by atoms with van der Waals surface area (Å²) in [5.74, 6) is -0.910. The van der Waals surface area contributed by atoms with E-state index in [0.29, 0.717) is 16.8 Å². The minimum Gasteiger partial charge on any atom is -0.506 e. The fraction of sp³-hybridized carbons (Fsp3) is 0.233. The van der Waals surface area contributed by atoms with Crippen molar-refractivity contribution in [1.82, 2.24) is 4.98 Å². The number of nitrogens with zero attached hydrogens (tertiary/aromatic N) is 1. The molecule has 0 bridgehead atoms. The zero-order valence-corrected chi connectivity index (χ0v) is 21.6. The molecule has 6 heteroatoms. The molecule has 3 aromatic carbocycles.